The number of hydrogen-bond acceptors (Lipinski definition) is 10. The van der Waals surface area contributed by atoms with E-state index < -0.39 is 35.2 Å². The van der Waals surface area contributed by atoms with Gasteiger partial charge in [0.2, 0.25) is 0 Å². The molecule has 4 aromatic carbocycles. The molecule has 8 rings (SSSR count). The molecule has 3 aliphatic rings. The van der Waals surface area contributed by atoms with Crippen molar-refractivity contribution >= 4 is 23.8 Å². The molecule has 0 saturated heterocycles. The fourth-order valence-corrected chi connectivity index (χ4v) is 6.75. The molecule has 4 heterocycles. The summed E-state index contributed by atoms with van der Waals surface area (Å²) >= 11 is 0. The zero-order chi connectivity index (χ0) is 35.6. The molecular formula is C37H27FN4O9. The zero-order valence-electron chi connectivity index (χ0n) is 26.8. The molecule has 51 heavy (non-hydrogen) atoms. The number of benzene rings is 4. The predicted octanol–water partition coefficient (Wildman–Crippen LogP) is 4.55. The first-order chi connectivity index (χ1) is 24.5. The number of imidazole rings is 1. The number of hydrogen-bond donors (Lipinski definition) is 3. The van der Waals surface area contributed by atoms with Crippen LogP contribution in [0.5, 0.6) is 23.0 Å². The smallest absolute Gasteiger partial charge is 0.358 e. The highest BCUT2D eigenvalue weighted by molar-refractivity contribution is 6.02. The number of rotatable bonds is 6. The van der Waals surface area contributed by atoms with Gasteiger partial charge in [-0.15, -0.1) is 0 Å². The van der Waals surface area contributed by atoms with E-state index in [2.05, 4.69) is 10.3 Å². The van der Waals surface area contributed by atoms with Gasteiger partial charge in [0.25, 0.3) is 11.8 Å². The lowest BCUT2D eigenvalue weighted by atomic mass is 9.77. The summed E-state index contributed by atoms with van der Waals surface area (Å²) in [7, 11) is 1.54. The van der Waals surface area contributed by atoms with Gasteiger partial charge < -0.3 is 34.6 Å². The molecule has 0 fully saturated rings. The lowest BCUT2D eigenvalue weighted by Crippen LogP contribution is -2.33. The average Bonchev–Trinajstić information content (AvgIpc) is 3.62. The Morgan fingerprint density at radius 1 is 0.941 bits per heavy atom. The largest absolute Gasteiger partial charge is 0.508 e. The second kappa shape index (κ2) is 11.7. The van der Waals surface area contributed by atoms with Crippen LogP contribution in [0.3, 0.4) is 0 Å². The van der Waals surface area contributed by atoms with E-state index in [0.717, 1.165) is 6.07 Å². The standard InChI is InChI=1S/C37H27FN4O9/c1-41-17-29-32(40-18-42(29)28-10-4-20(38)14-24(28)34(41)46)36(48)49-12-2-11-39-33(45)19-3-7-25-23(13-19)35(47)51-37(25)26-8-5-21(43)15-30(26)50-31-16-22(44)6-9-27(31)37/h3-10,13-16,18,43-44H,2,11-12,17H2,1H3,(H,39,45). The first kappa shape index (κ1) is 31.6. The molecular weight excluding hydrogens is 663 g/mol. The molecule has 0 radical (unpaired) electrons. The van der Waals surface area contributed by atoms with Gasteiger partial charge in [0.05, 0.1) is 35.7 Å². The fourth-order valence-electron chi connectivity index (χ4n) is 6.75. The minimum Gasteiger partial charge on any atom is -0.508 e. The number of fused-ring (bicyclic) bond motifs is 9. The average molecular weight is 691 g/mol. The van der Waals surface area contributed by atoms with Crippen LogP contribution < -0.4 is 10.1 Å². The monoisotopic (exact) mass is 690 g/mol. The van der Waals surface area contributed by atoms with Crippen molar-refractivity contribution in [1.82, 2.24) is 19.8 Å². The van der Waals surface area contributed by atoms with Crippen molar-refractivity contribution in [2.75, 3.05) is 20.2 Å². The first-order valence-corrected chi connectivity index (χ1v) is 15.8. The molecule has 13 nitrogen and oxygen atoms in total. The summed E-state index contributed by atoms with van der Waals surface area (Å²) in [5.41, 5.74) is 1.26. The summed E-state index contributed by atoms with van der Waals surface area (Å²) in [6.07, 6.45) is 1.65. The van der Waals surface area contributed by atoms with Gasteiger partial charge >= 0.3 is 11.9 Å². The van der Waals surface area contributed by atoms with E-state index in [0.29, 0.717) is 28.1 Å². The van der Waals surface area contributed by atoms with Crippen molar-refractivity contribution in [1.29, 1.82) is 0 Å². The number of nitrogens with zero attached hydrogens (tertiary/aromatic N) is 3. The number of phenols is 2. The molecule has 0 bridgehead atoms. The number of halogens is 1. The highest BCUT2D eigenvalue weighted by atomic mass is 19.1. The molecule has 2 amide bonds. The molecule has 0 atom stereocenters. The highest BCUT2D eigenvalue weighted by Crippen LogP contribution is 2.57. The Bertz CT molecular complexity index is 2280. The van der Waals surface area contributed by atoms with Gasteiger partial charge in [0, 0.05) is 48.0 Å². The van der Waals surface area contributed by atoms with E-state index in [4.69, 9.17) is 14.2 Å². The molecule has 3 aliphatic heterocycles. The Morgan fingerprint density at radius 2 is 1.65 bits per heavy atom. The van der Waals surface area contributed by atoms with E-state index in [1.807, 2.05) is 0 Å². The summed E-state index contributed by atoms with van der Waals surface area (Å²) in [5, 5.41) is 23.0. The number of phenolic OH excluding ortho intramolecular Hbond substituents is 2. The summed E-state index contributed by atoms with van der Waals surface area (Å²) in [4.78, 5) is 57.9. The van der Waals surface area contributed by atoms with Crippen LogP contribution in [0.4, 0.5) is 4.39 Å². The number of aromatic hydroxyl groups is 2. The molecule has 5 aromatic rings. The van der Waals surface area contributed by atoms with Crippen LogP contribution in [-0.2, 0) is 21.6 Å². The molecule has 0 unspecified atom stereocenters. The van der Waals surface area contributed by atoms with Crippen LogP contribution in [0.25, 0.3) is 5.69 Å². The molecule has 0 aliphatic carbocycles. The van der Waals surface area contributed by atoms with Crippen LogP contribution in [0.1, 0.15) is 70.4 Å². The number of aromatic nitrogens is 2. The normalized spacial score (nSPS) is 14.7. The topological polar surface area (TPSA) is 170 Å². The Balaban J connectivity index is 0.946. The third-order valence-corrected chi connectivity index (χ3v) is 9.12. The third-order valence-electron chi connectivity index (χ3n) is 9.12. The van der Waals surface area contributed by atoms with Crippen LogP contribution in [0, 0.1) is 5.82 Å². The van der Waals surface area contributed by atoms with Gasteiger partial charge in [-0.25, -0.2) is 19.0 Å². The maximum Gasteiger partial charge on any atom is 0.358 e. The number of amides is 2. The summed E-state index contributed by atoms with van der Waals surface area (Å²) < 4.78 is 32.9. The Morgan fingerprint density at radius 3 is 2.37 bits per heavy atom. The molecule has 256 valence electrons. The van der Waals surface area contributed by atoms with Crippen molar-refractivity contribution < 1.29 is 48.0 Å². The van der Waals surface area contributed by atoms with E-state index in [1.54, 1.807) is 35.9 Å². The van der Waals surface area contributed by atoms with E-state index in [1.165, 1.54) is 53.7 Å². The summed E-state index contributed by atoms with van der Waals surface area (Å²) in [6, 6.07) is 17.3. The lowest BCUT2D eigenvalue weighted by Gasteiger charge is -2.36. The van der Waals surface area contributed by atoms with Gasteiger partial charge in [-0.2, -0.15) is 0 Å². The van der Waals surface area contributed by atoms with Gasteiger partial charge in [-0.3, -0.25) is 14.2 Å². The van der Waals surface area contributed by atoms with Crippen LogP contribution in [-0.4, -0.2) is 68.6 Å². The number of nitrogens with one attached hydrogen (secondary N) is 1. The number of carbonyl (C=O) groups is 4. The maximum absolute atomic E-state index is 13.9. The van der Waals surface area contributed by atoms with Crippen LogP contribution >= 0.6 is 0 Å². The second-order valence-electron chi connectivity index (χ2n) is 12.3. The number of carbonyl (C=O) groups excluding carboxylic acids is 4. The Hall–Kier alpha value is -6.70. The minimum absolute atomic E-state index is 0.0158. The van der Waals surface area contributed by atoms with E-state index >= 15 is 0 Å². The van der Waals surface area contributed by atoms with Crippen molar-refractivity contribution in [2.24, 2.45) is 0 Å². The minimum atomic E-state index is -1.45. The van der Waals surface area contributed by atoms with Crippen LogP contribution in [0.2, 0.25) is 0 Å². The van der Waals surface area contributed by atoms with Gasteiger partial charge in [-0.05, 0) is 61.0 Å². The molecule has 3 N–H and O–H groups in total. The predicted molar refractivity (Wildman–Crippen MR) is 175 cm³/mol. The first-order valence-electron chi connectivity index (χ1n) is 15.8. The van der Waals surface area contributed by atoms with Gasteiger partial charge in [-0.1, -0.05) is 6.07 Å². The quantitative estimate of drug-likeness (QED) is 0.170. The van der Waals surface area contributed by atoms with Crippen LogP contribution in [0.15, 0.2) is 79.1 Å². The lowest BCUT2D eigenvalue weighted by molar-refractivity contribution is 0.0223. The summed E-state index contributed by atoms with van der Waals surface area (Å²) in [6.45, 7) is 0.137. The SMILES string of the molecule is CN1Cc2c(C(=O)OCCCNC(=O)c3ccc4c(c3)C(=O)OC43c4ccc(O)cc4Oc4cc(O)ccc43)ncn2-c2ccc(F)cc2C1=O. The molecule has 1 aromatic heterocycles. The van der Waals surface area contributed by atoms with Crippen molar-refractivity contribution in [3.05, 3.63) is 130 Å². The molecule has 14 heteroatoms. The van der Waals surface area contributed by atoms with Crippen molar-refractivity contribution in [3.63, 3.8) is 0 Å². The molecule has 1 spiro atoms. The Kier molecular flexibility index (Phi) is 7.25. The Labute approximate surface area is 288 Å². The maximum atomic E-state index is 13.9. The highest BCUT2D eigenvalue weighted by Gasteiger charge is 2.53. The zero-order valence-corrected chi connectivity index (χ0v) is 26.8. The second-order valence-corrected chi connectivity index (χ2v) is 12.3. The van der Waals surface area contributed by atoms with Crippen molar-refractivity contribution in [3.8, 4) is 28.7 Å². The molecule has 0 saturated carbocycles. The summed E-state index contributed by atoms with van der Waals surface area (Å²) in [5.74, 6) is -2.46. The van der Waals surface area contributed by atoms with Crippen molar-refractivity contribution in [2.45, 2.75) is 18.6 Å². The van der Waals surface area contributed by atoms with E-state index in [-0.39, 0.29) is 71.5 Å². The van der Waals surface area contributed by atoms with E-state index in [9.17, 15) is 33.8 Å². The van der Waals surface area contributed by atoms with Gasteiger partial charge in [0.1, 0.15) is 35.1 Å². The third kappa shape index (κ3) is 5.02. The number of ether oxygens (including phenoxy) is 3. The fraction of sp³-hybridized carbons (Fsp3) is 0.162. The number of esters is 2. The van der Waals surface area contributed by atoms with Gasteiger partial charge in [0.15, 0.2) is 11.3 Å².